The Morgan fingerprint density at radius 3 is 2.20 bits per heavy atom. The number of hydrogen-bond donors (Lipinski definition) is 4. The van der Waals surface area contributed by atoms with Crippen molar-refractivity contribution in [3.8, 4) is 11.1 Å². The fourth-order valence-corrected chi connectivity index (χ4v) is 5.05. The predicted octanol–water partition coefficient (Wildman–Crippen LogP) is 3.43. The summed E-state index contributed by atoms with van der Waals surface area (Å²) in [5.74, 6) is -2.37. The molecule has 1 saturated carbocycles. The minimum absolute atomic E-state index is 0.0559. The maximum absolute atomic E-state index is 12.8. The van der Waals surface area contributed by atoms with Crippen LogP contribution in [-0.2, 0) is 14.3 Å². The summed E-state index contributed by atoms with van der Waals surface area (Å²) in [6.45, 7) is 0.912. The van der Waals surface area contributed by atoms with Crippen LogP contribution < -0.4 is 10.6 Å². The van der Waals surface area contributed by atoms with Crippen molar-refractivity contribution >= 4 is 18.0 Å². The molecule has 1 unspecified atom stereocenters. The van der Waals surface area contributed by atoms with Crippen LogP contribution in [0.4, 0.5) is 4.79 Å². The Balaban J connectivity index is 1.39. The average Bonchev–Trinajstić information content (AvgIpc) is 2.97. The zero-order valence-electron chi connectivity index (χ0n) is 19.8. The molecule has 35 heavy (non-hydrogen) atoms. The number of carboxylic acid groups (broad SMARTS) is 1. The van der Waals surface area contributed by atoms with Crippen molar-refractivity contribution in [3.05, 3.63) is 59.7 Å². The van der Waals surface area contributed by atoms with Gasteiger partial charge in [0, 0.05) is 12.0 Å². The highest BCUT2D eigenvalue weighted by Gasteiger charge is 2.35. The summed E-state index contributed by atoms with van der Waals surface area (Å²) >= 11 is 0. The largest absolute Gasteiger partial charge is 0.479 e. The zero-order valence-corrected chi connectivity index (χ0v) is 19.8. The topological polar surface area (TPSA) is 125 Å². The fourth-order valence-electron chi connectivity index (χ4n) is 5.05. The SMILES string of the molecule is CC(O)(CNC(=O)[C@H]1CCCCC[C@H]1NC(=O)OCC1c2ccccc2-c2ccccc21)C(=O)O. The normalized spacial score (nSPS) is 21.1. The highest BCUT2D eigenvalue weighted by molar-refractivity contribution is 5.83. The molecule has 4 N–H and O–H groups in total. The molecule has 0 aliphatic heterocycles. The molecular weight excluding hydrogens is 448 g/mol. The van der Waals surface area contributed by atoms with E-state index in [0.29, 0.717) is 12.8 Å². The third-order valence-electron chi connectivity index (χ3n) is 7.07. The Labute approximate surface area is 204 Å². The van der Waals surface area contributed by atoms with Gasteiger partial charge in [-0.1, -0.05) is 67.8 Å². The number of nitrogens with one attached hydrogen (secondary N) is 2. The molecule has 2 amide bonds. The van der Waals surface area contributed by atoms with Crippen LogP contribution in [0.5, 0.6) is 0 Å². The van der Waals surface area contributed by atoms with Gasteiger partial charge in [0.05, 0.1) is 12.5 Å². The molecule has 0 spiro atoms. The second-order valence-corrected chi connectivity index (χ2v) is 9.62. The number of aliphatic carboxylic acids is 1. The Bertz CT molecular complexity index is 1050. The highest BCUT2D eigenvalue weighted by atomic mass is 16.5. The van der Waals surface area contributed by atoms with Crippen molar-refractivity contribution in [3.63, 3.8) is 0 Å². The van der Waals surface area contributed by atoms with Gasteiger partial charge in [-0.15, -0.1) is 0 Å². The monoisotopic (exact) mass is 480 g/mol. The quantitative estimate of drug-likeness (QED) is 0.450. The molecule has 8 nitrogen and oxygen atoms in total. The number of ether oxygens (including phenoxy) is 1. The number of fused-ring (bicyclic) bond motifs is 3. The first-order valence-electron chi connectivity index (χ1n) is 12.1. The van der Waals surface area contributed by atoms with Gasteiger partial charge in [-0.25, -0.2) is 9.59 Å². The van der Waals surface area contributed by atoms with Crippen LogP contribution in [0.2, 0.25) is 0 Å². The Hall–Kier alpha value is -3.39. The number of carbonyl (C=O) groups excluding carboxylic acids is 2. The smallest absolute Gasteiger partial charge is 0.407 e. The first-order valence-corrected chi connectivity index (χ1v) is 12.1. The van der Waals surface area contributed by atoms with Crippen molar-refractivity contribution < 1.29 is 29.3 Å². The molecule has 0 aromatic heterocycles. The van der Waals surface area contributed by atoms with Gasteiger partial charge < -0.3 is 25.6 Å². The number of hydrogen-bond acceptors (Lipinski definition) is 5. The van der Waals surface area contributed by atoms with Gasteiger partial charge >= 0.3 is 12.1 Å². The molecule has 186 valence electrons. The van der Waals surface area contributed by atoms with Crippen molar-refractivity contribution in [2.24, 2.45) is 5.92 Å². The van der Waals surface area contributed by atoms with Gasteiger partial charge in [0.25, 0.3) is 0 Å². The maximum atomic E-state index is 12.8. The van der Waals surface area contributed by atoms with Crippen LogP contribution in [0.15, 0.2) is 48.5 Å². The number of alkyl carbamates (subject to hydrolysis) is 1. The van der Waals surface area contributed by atoms with Gasteiger partial charge in [-0.3, -0.25) is 4.79 Å². The van der Waals surface area contributed by atoms with Gasteiger partial charge in [0.15, 0.2) is 5.60 Å². The molecule has 2 aromatic rings. The molecule has 0 heterocycles. The molecule has 4 rings (SSSR count). The summed E-state index contributed by atoms with van der Waals surface area (Å²) in [7, 11) is 0. The first-order chi connectivity index (χ1) is 16.8. The van der Waals surface area contributed by atoms with Crippen LogP contribution >= 0.6 is 0 Å². The van der Waals surface area contributed by atoms with E-state index in [0.717, 1.165) is 48.4 Å². The second-order valence-electron chi connectivity index (χ2n) is 9.62. The van der Waals surface area contributed by atoms with Crippen molar-refractivity contribution in [1.29, 1.82) is 0 Å². The minimum Gasteiger partial charge on any atom is -0.479 e. The molecule has 2 aliphatic carbocycles. The molecular formula is C27H32N2O6. The van der Waals surface area contributed by atoms with Crippen LogP contribution in [0.1, 0.15) is 56.1 Å². The van der Waals surface area contributed by atoms with Crippen molar-refractivity contribution in [1.82, 2.24) is 10.6 Å². The van der Waals surface area contributed by atoms with Gasteiger partial charge in [0.2, 0.25) is 5.91 Å². The lowest BCUT2D eigenvalue weighted by molar-refractivity contribution is -0.156. The lowest BCUT2D eigenvalue weighted by Crippen LogP contribution is -2.51. The van der Waals surface area contributed by atoms with Crippen molar-refractivity contribution in [2.45, 2.75) is 56.6 Å². The third kappa shape index (κ3) is 5.48. The summed E-state index contributed by atoms with van der Waals surface area (Å²) in [6.07, 6.45) is 3.25. The molecule has 2 aliphatic rings. The van der Waals surface area contributed by atoms with Crippen LogP contribution in [-0.4, -0.2) is 53.0 Å². The number of rotatable bonds is 7. The molecule has 0 saturated heterocycles. The summed E-state index contributed by atoms with van der Waals surface area (Å²) < 4.78 is 5.66. The van der Waals surface area contributed by atoms with E-state index in [4.69, 9.17) is 9.84 Å². The second kappa shape index (κ2) is 10.5. The van der Waals surface area contributed by atoms with E-state index in [1.165, 1.54) is 0 Å². The number of benzene rings is 2. The predicted molar refractivity (Wildman–Crippen MR) is 130 cm³/mol. The summed E-state index contributed by atoms with van der Waals surface area (Å²) in [5.41, 5.74) is 2.48. The number of aliphatic hydroxyl groups is 1. The van der Waals surface area contributed by atoms with E-state index in [1.807, 2.05) is 24.3 Å². The maximum Gasteiger partial charge on any atom is 0.407 e. The van der Waals surface area contributed by atoms with Crippen LogP contribution in [0.3, 0.4) is 0 Å². The Morgan fingerprint density at radius 1 is 0.971 bits per heavy atom. The average molecular weight is 481 g/mol. The summed E-state index contributed by atoms with van der Waals surface area (Å²) in [6, 6.07) is 15.8. The molecule has 3 atom stereocenters. The van der Waals surface area contributed by atoms with E-state index in [-0.39, 0.29) is 18.4 Å². The zero-order chi connectivity index (χ0) is 25.0. The standard InChI is InChI=1S/C27H32N2O6/c1-27(34,25(31)32)16-28-24(30)21-13-3-2-4-14-23(21)29-26(33)35-15-22-19-11-7-5-9-17(19)18-10-6-8-12-20(18)22/h5-12,21-23,34H,2-4,13-16H2,1H3,(H,28,30)(H,29,33)(H,31,32)/t21-,23+,27?/m0/s1. The Morgan fingerprint density at radius 2 is 1.57 bits per heavy atom. The molecule has 1 fully saturated rings. The number of carbonyl (C=O) groups is 3. The van der Waals surface area contributed by atoms with E-state index in [1.54, 1.807) is 0 Å². The van der Waals surface area contributed by atoms with Crippen LogP contribution in [0.25, 0.3) is 11.1 Å². The lowest BCUT2D eigenvalue weighted by atomic mass is 9.93. The third-order valence-corrected chi connectivity index (χ3v) is 7.07. The van der Waals surface area contributed by atoms with Gasteiger partial charge in [-0.05, 0) is 42.0 Å². The summed E-state index contributed by atoms with van der Waals surface area (Å²) in [4.78, 5) is 36.8. The lowest BCUT2D eigenvalue weighted by Gasteiger charge is -2.27. The number of amides is 2. The number of carboxylic acids is 1. The molecule has 0 radical (unpaired) electrons. The molecule has 0 bridgehead atoms. The van der Waals surface area contributed by atoms with E-state index in [9.17, 15) is 19.5 Å². The summed E-state index contributed by atoms with van der Waals surface area (Å²) in [5, 5.41) is 24.4. The highest BCUT2D eigenvalue weighted by Crippen LogP contribution is 2.44. The Kier molecular flexibility index (Phi) is 7.40. The fraction of sp³-hybridized carbons (Fsp3) is 0.444. The van der Waals surface area contributed by atoms with E-state index >= 15 is 0 Å². The van der Waals surface area contributed by atoms with E-state index in [2.05, 4.69) is 34.9 Å². The van der Waals surface area contributed by atoms with Gasteiger partial charge in [0.1, 0.15) is 6.61 Å². The minimum atomic E-state index is -2.06. The van der Waals surface area contributed by atoms with Gasteiger partial charge in [-0.2, -0.15) is 0 Å². The van der Waals surface area contributed by atoms with Crippen molar-refractivity contribution in [2.75, 3.05) is 13.2 Å². The molecule has 8 heteroatoms. The first kappa shape index (κ1) is 24.7. The molecule has 2 aromatic carbocycles. The van der Waals surface area contributed by atoms with E-state index < -0.39 is 36.2 Å². The van der Waals surface area contributed by atoms with Crippen LogP contribution in [0, 0.1) is 5.92 Å².